The molecule has 5 aromatic rings. The predicted molar refractivity (Wildman–Crippen MR) is 114 cm³/mol. The van der Waals surface area contributed by atoms with Crippen LogP contribution in [0.1, 0.15) is 15.9 Å². The molecule has 0 aliphatic heterocycles. The maximum atomic E-state index is 12.6. The summed E-state index contributed by atoms with van der Waals surface area (Å²) in [4.78, 5) is 22.3. The number of imidazole rings is 2. The number of hydrogen-bond acceptors (Lipinski definition) is 4. The molecule has 0 atom stereocenters. The van der Waals surface area contributed by atoms with Gasteiger partial charge in [0.1, 0.15) is 0 Å². The summed E-state index contributed by atoms with van der Waals surface area (Å²) in [7, 11) is 0. The Balaban J connectivity index is 1.31. The molecule has 3 heterocycles. The van der Waals surface area contributed by atoms with E-state index >= 15 is 0 Å². The van der Waals surface area contributed by atoms with Gasteiger partial charge in [0, 0.05) is 53.5 Å². The van der Waals surface area contributed by atoms with Gasteiger partial charge in [-0.25, -0.2) is 9.97 Å². The van der Waals surface area contributed by atoms with Crippen LogP contribution in [0.3, 0.4) is 0 Å². The summed E-state index contributed by atoms with van der Waals surface area (Å²) in [5.41, 5.74) is 4.33. The van der Waals surface area contributed by atoms with Crippen LogP contribution < -0.4 is 5.32 Å². The maximum Gasteiger partial charge on any atom is 0.255 e. The summed E-state index contributed by atoms with van der Waals surface area (Å²) in [6.45, 7) is 0.728. The lowest BCUT2D eigenvalue weighted by atomic mass is 10.1. The number of anilines is 1. The van der Waals surface area contributed by atoms with Crippen molar-refractivity contribution in [2.45, 2.75) is 6.54 Å². The quantitative estimate of drug-likeness (QED) is 0.471. The highest BCUT2D eigenvalue weighted by atomic mass is 32.1. The van der Waals surface area contributed by atoms with Crippen LogP contribution in [0.2, 0.25) is 0 Å². The lowest BCUT2D eigenvalue weighted by molar-refractivity contribution is 0.102. The van der Waals surface area contributed by atoms with E-state index in [1.807, 2.05) is 81.5 Å². The van der Waals surface area contributed by atoms with Gasteiger partial charge in [0.2, 0.25) is 0 Å². The summed E-state index contributed by atoms with van der Waals surface area (Å²) in [6, 6.07) is 15.3. The van der Waals surface area contributed by atoms with Crippen molar-refractivity contribution in [3.63, 3.8) is 0 Å². The summed E-state index contributed by atoms with van der Waals surface area (Å²) in [5.74, 6) is -0.137. The smallest absolute Gasteiger partial charge is 0.255 e. The maximum absolute atomic E-state index is 12.6. The topological polar surface area (TPSA) is 64.2 Å². The number of nitrogens with zero attached hydrogens (tertiary/aromatic N) is 4. The number of aromatic nitrogens is 4. The zero-order valence-electron chi connectivity index (χ0n) is 15.4. The summed E-state index contributed by atoms with van der Waals surface area (Å²) >= 11 is 1.59. The van der Waals surface area contributed by atoms with Crippen molar-refractivity contribution in [2.24, 2.45) is 0 Å². The Morgan fingerprint density at radius 3 is 2.79 bits per heavy atom. The molecule has 0 saturated heterocycles. The van der Waals surface area contributed by atoms with E-state index in [0.717, 1.165) is 34.0 Å². The fourth-order valence-electron chi connectivity index (χ4n) is 3.18. The number of nitrogens with one attached hydrogen (secondary N) is 1. The van der Waals surface area contributed by atoms with E-state index in [-0.39, 0.29) is 5.91 Å². The fraction of sp³-hybridized carbons (Fsp3) is 0.0455. The Morgan fingerprint density at radius 1 is 1.10 bits per heavy atom. The van der Waals surface area contributed by atoms with Crippen LogP contribution in [0.25, 0.3) is 16.2 Å². The molecule has 0 unspecified atom stereocenters. The Morgan fingerprint density at radius 2 is 2.00 bits per heavy atom. The van der Waals surface area contributed by atoms with Gasteiger partial charge in [0.05, 0.1) is 12.0 Å². The van der Waals surface area contributed by atoms with E-state index in [0.29, 0.717) is 5.56 Å². The molecule has 0 saturated carbocycles. The van der Waals surface area contributed by atoms with E-state index in [1.54, 1.807) is 23.9 Å². The lowest BCUT2D eigenvalue weighted by Crippen LogP contribution is -2.12. The largest absolute Gasteiger partial charge is 0.333 e. The average molecular weight is 399 g/mol. The predicted octanol–water partition coefficient (Wildman–Crippen LogP) is 4.56. The number of amides is 1. The van der Waals surface area contributed by atoms with Crippen molar-refractivity contribution < 1.29 is 4.79 Å². The molecule has 0 spiro atoms. The normalized spacial score (nSPS) is 11.0. The first kappa shape index (κ1) is 17.4. The van der Waals surface area contributed by atoms with E-state index < -0.39 is 0 Å². The van der Waals surface area contributed by atoms with E-state index in [9.17, 15) is 4.79 Å². The summed E-state index contributed by atoms with van der Waals surface area (Å²) < 4.78 is 3.98. The molecule has 0 aliphatic rings. The Kier molecular flexibility index (Phi) is 4.42. The standard InChI is InChI=1S/C22H17N5OS/c28-21(17-6-4-16(5-7-17)13-26-9-8-23-15-26)24-19-3-1-2-18(12-19)20-14-27-10-11-29-22(27)25-20/h1-12,14-15H,13H2,(H,24,28). The zero-order valence-corrected chi connectivity index (χ0v) is 16.2. The van der Waals surface area contributed by atoms with Gasteiger partial charge >= 0.3 is 0 Å². The van der Waals surface area contributed by atoms with Crippen molar-refractivity contribution in [3.05, 3.63) is 96.2 Å². The van der Waals surface area contributed by atoms with Gasteiger partial charge in [-0.3, -0.25) is 9.20 Å². The van der Waals surface area contributed by atoms with Gasteiger partial charge in [-0.1, -0.05) is 24.3 Å². The van der Waals surface area contributed by atoms with Crippen molar-refractivity contribution in [1.29, 1.82) is 0 Å². The molecular weight excluding hydrogens is 382 g/mol. The highest BCUT2D eigenvalue weighted by Crippen LogP contribution is 2.24. The highest BCUT2D eigenvalue weighted by molar-refractivity contribution is 7.15. The monoisotopic (exact) mass is 399 g/mol. The van der Waals surface area contributed by atoms with E-state index in [2.05, 4.69) is 15.3 Å². The third-order valence-electron chi connectivity index (χ3n) is 4.65. The molecule has 0 bridgehead atoms. The van der Waals surface area contributed by atoms with E-state index in [1.165, 1.54) is 0 Å². The van der Waals surface area contributed by atoms with Gasteiger partial charge in [-0.2, -0.15) is 0 Å². The summed E-state index contributed by atoms with van der Waals surface area (Å²) in [5, 5.41) is 4.98. The number of benzene rings is 2. The third kappa shape index (κ3) is 3.68. The van der Waals surface area contributed by atoms with Crippen molar-refractivity contribution in [3.8, 4) is 11.3 Å². The number of hydrogen-bond donors (Lipinski definition) is 1. The molecule has 142 valence electrons. The SMILES string of the molecule is O=C(Nc1cccc(-c2cn3ccsc3n2)c1)c1ccc(Cn2ccnc2)cc1. The number of carbonyl (C=O) groups is 1. The van der Waals surface area contributed by atoms with Crippen molar-refractivity contribution in [2.75, 3.05) is 5.32 Å². The second kappa shape index (κ2) is 7.37. The van der Waals surface area contributed by atoms with Crippen LogP contribution in [0, 0.1) is 0 Å². The molecule has 29 heavy (non-hydrogen) atoms. The second-order valence-corrected chi connectivity index (χ2v) is 7.56. The second-order valence-electron chi connectivity index (χ2n) is 6.69. The number of thiazole rings is 1. The first-order valence-electron chi connectivity index (χ1n) is 9.13. The Bertz CT molecular complexity index is 1240. The molecule has 0 radical (unpaired) electrons. The molecular formula is C22H17N5OS. The first-order chi connectivity index (χ1) is 14.2. The van der Waals surface area contributed by atoms with E-state index in [4.69, 9.17) is 0 Å². The lowest BCUT2D eigenvalue weighted by Gasteiger charge is -2.08. The van der Waals surface area contributed by atoms with Crippen LogP contribution in [0.15, 0.2) is 85.0 Å². The summed E-state index contributed by atoms with van der Waals surface area (Å²) in [6.07, 6.45) is 9.42. The average Bonchev–Trinajstić information content (AvgIpc) is 3.46. The number of carbonyl (C=O) groups excluding carboxylic acids is 1. The fourth-order valence-corrected chi connectivity index (χ4v) is 3.88. The highest BCUT2D eigenvalue weighted by Gasteiger charge is 2.09. The van der Waals surface area contributed by atoms with Crippen molar-refractivity contribution in [1.82, 2.24) is 18.9 Å². The molecule has 1 N–H and O–H groups in total. The van der Waals surface area contributed by atoms with Gasteiger partial charge in [-0.05, 0) is 29.8 Å². The van der Waals surface area contributed by atoms with Crippen LogP contribution in [0.5, 0.6) is 0 Å². The van der Waals surface area contributed by atoms with Gasteiger partial charge in [0.15, 0.2) is 4.96 Å². The number of fused-ring (bicyclic) bond motifs is 1. The minimum absolute atomic E-state index is 0.137. The van der Waals surface area contributed by atoms with Gasteiger partial charge in [-0.15, -0.1) is 11.3 Å². The van der Waals surface area contributed by atoms with Crippen LogP contribution >= 0.6 is 11.3 Å². The Hall–Kier alpha value is -3.71. The van der Waals surface area contributed by atoms with Crippen molar-refractivity contribution >= 4 is 27.9 Å². The molecule has 3 aromatic heterocycles. The molecule has 0 aliphatic carbocycles. The molecule has 6 nitrogen and oxygen atoms in total. The molecule has 7 heteroatoms. The van der Waals surface area contributed by atoms with Crippen LogP contribution in [-0.4, -0.2) is 24.8 Å². The molecule has 0 fully saturated rings. The minimum atomic E-state index is -0.137. The first-order valence-corrected chi connectivity index (χ1v) is 10.0. The van der Waals surface area contributed by atoms with Crippen LogP contribution in [0.4, 0.5) is 5.69 Å². The molecule has 2 aromatic carbocycles. The van der Waals surface area contributed by atoms with Gasteiger partial charge < -0.3 is 9.88 Å². The Labute approximate surface area is 171 Å². The zero-order chi connectivity index (χ0) is 19.6. The molecule has 5 rings (SSSR count). The van der Waals surface area contributed by atoms with Crippen LogP contribution in [-0.2, 0) is 6.54 Å². The third-order valence-corrected chi connectivity index (χ3v) is 5.42. The number of rotatable bonds is 5. The minimum Gasteiger partial charge on any atom is -0.333 e. The van der Waals surface area contributed by atoms with Gasteiger partial charge in [0.25, 0.3) is 5.91 Å². The molecule has 1 amide bonds.